The first kappa shape index (κ1) is 19.6. The average molecular weight is 405 g/mol. The van der Waals surface area contributed by atoms with Gasteiger partial charge in [0.05, 0.1) is 24.4 Å². The molecule has 1 atom stereocenters. The van der Waals surface area contributed by atoms with Gasteiger partial charge in [-0.2, -0.15) is 0 Å². The molecule has 6 heteroatoms. The van der Waals surface area contributed by atoms with Gasteiger partial charge in [0.2, 0.25) is 0 Å². The van der Waals surface area contributed by atoms with E-state index in [2.05, 4.69) is 0 Å². The van der Waals surface area contributed by atoms with Gasteiger partial charge in [0.1, 0.15) is 11.6 Å². The highest BCUT2D eigenvalue weighted by Gasteiger charge is 2.43. The third-order valence-corrected chi connectivity index (χ3v) is 5.18. The molecule has 0 aliphatic carbocycles. The number of carbonyl (C=O) groups excluding carboxylic acids is 2. The normalized spacial score (nSPS) is 16.4. The molecule has 1 aliphatic heterocycles. The maximum absolute atomic E-state index is 13.5. The lowest BCUT2D eigenvalue weighted by atomic mass is 9.93. The minimum absolute atomic E-state index is 0.0362. The van der Waals surface area contributed by atoms with E-state index in [0.717, 1.165) is 5.56 Å². The Morgan fingerprint density at radius 2 is 1.77 bits per heavy atom. The number of nitrogens with zero attached hydrogens (tertiary/aromatic N) is 1. The van der Waals surface area contributed by atoms with Crippen LogP contribution in [0.25, 0.3) is 0 Å². The summed E-state index contributed by atoms with van der Waals surface area (Å²) < 4.78 is 18.8. The van der Waals surface area contributed by atoms with Crippen LogP contribution in [0.15, 0.2) is 88.7 Å². The largest absolute Gasteiger partial charge is 0.503 e. The molecule has 0 saturated carbocycles. The molecule has 4 rings (SSSR count). The highest BCUT2D eigenvalue weighted by Crippen LogP contribution is 2.39. The van der Waals surface area contributed by atoms with E-state index >= 15 is 0 Å². The highest BCUT2D eigenvalue weighted by molar-refractivity contribution is 6.08. The number of hydrogen-bond donors (Lipinski definition) is 1. The summed E-state index contributed by atoms with van der Waals surface area (Å²) in [4.78, 5) is 27.3. The van der Waals surface area contributed by atoms with E-state index in [-0.39, 0.29) is 24.3 Å². The summed E-state index contributed by atoms with van der Waals surface area (Å²) in [5.74, 6) is -1.44. The van der Waals surface area contributed by atoms with Gasteiger partial charge in [-0.3, -0.25) is 9.59 Å². The average Bonchev–Trinajstić information content (AvgIpc) is 3.36. The molecule has 152 valence electrons. The lowest BCUT2D eigenvalue weighted by molar-refractivity contribution is -0.130. The van der Waals surface area contributed by atoms with E-state index in [1.54, 1.807) is 12.1 Å². The van der Waals surface area contributed by atoms with Crippen molar-refractivity contribution in [2.75, 3.05) is 0 Å². The Balaban J connectivity index is 1.65. The van der Waals surface area contributed by atoms with Crippen molar-refractivity contribution in [1.82, 2.24) is 4.90 Å². The zero-order valence-corrected chi connectivity index (χ0v) is 16.1. The fourth-order valence-electron chi connectivity index (χ4n) is 3.70. The molecule has 30 heavy (non-hydrogen) atoms. The molecule has 0 radical (unpaired) electrons. The number of halogens is 1. The summed E-state index contributed by atoms with van der Waals surface area (Å²) in [5, 5.41) is 10.6. The van der Waals surface area contributed by atoms with E-state index in [9.17, 15) is 19.1 Å². The van der Waals surface area contributed by atoms with Gasteiger partial charge in [-0.15, -0.1) is 0 Å². The molecule has 2 heterocycles. The number of benzene rings is 2. The number of aryl methyl sites for hydroxylation is 1. The van der Waals surface area contributed by atoms with Gasteiger partial charge in [0.25, 0.3) is 5.91 Å². The zero-order chi connectivity index (χ0) is 21.1. The van der Waals surface area contributed by atoms with E-state index in [0.29, 0.717) is 17.7 Å². The number of rotatable bonds is 7. The van der Waals surface area contributed by atoms with Crippen molar-refractivity contribution in [3.63, 3.8) is 0 Å². The van der Waals surface area contributed by atoms with Crippen molar-refractivity contribution in [2.24, 2.45) is 0 Å². The molecule has 1 N–H and O–H groups in total. The third kappa shape index (κ3) is 3.89. The zero-order valence-electron chi connectivity index (χ0n) is 16.1. The third-order valence-electron chi connectivity index (χ3n) is 5.18. The van der Waals surface area contributed by atoms with Crippen molar-refractivity contribution in [3.05, 3.63) is 107 Å². The number of ketones is 1. The monoisotopic (exact) mass is 405 g/mol. The maximum atomic E-state index is 13.5. The van der Waals surface area contributed by atoms with Crippen molar-refractivity contribution < 1.29 is 23.5 Å². The Morgan fingerprint density at radius 1 is 1.03 bits per heavy atom. The number of Topliss-reactive ketones (excluding diaryl/α,β-unsaturated/α-hetero) is 1. The number of furan rings is 1. The lowest BCUT2D eigenvalue weighted by Crippen LogP contribution is -2.30. The van der Waals surface area contributed by atoms with Crippen LogP contribution in [-0.4, -0.2) is 21.7 Å². The highest BCUT2D eigenvalue weighted by atomic mass is 19.1. The van der Waals surface area contributed by atoms with Crippen LogP contribution in [0, 0.1) is 5.82 Å². The first-order valence-electron chi connectivity index (χ1n) is 9.63. The topological polar surface area (TPSA) is 70.8 Å². The van der Waals surface area contributed by atoms with Gasteiger partial charge in [0, 0.05) is 6.42 Å². The molecule has 0 bridgehead atoms. The Morgan fingerprint density at radius 3 is 2.43 bits per heavy atom. The van der Waals surface area contributed by atoms with Crippen LogP contribution in [0.1, 0.15) is 29.3 Å². The molecule has 1 unspecified atom stereocenters. The minimum Gasteiger partial charge on any atom is -0.503 e. The van der Waals surface area contributed by atoms with E-state index < -0.39 is 23.5 Å². The first-order chi connectivity index (χ1) is 14.5. The Kier molecular flexibility index (Phi) is 5.48. The number of amides is 1. The molecule has 1 aromatic heterocycles. The van der Waals surface area contributed by atoms with Gasteiger partial charge in [-0.25, -0.2) is 4.39 Å². The summed E-state index contributed by atoms with van der Waals surface area (Å²) in [6.07, 6.45) is 2.12. The molecule has 0 fully saturated rings. The molecule has 2 aromatic carbocycles. The quantitative estimate of drug-likeness (QED) is 0.628. The molecule has 0 saturated heterocycles. The number of aliphatic hydroxyl groups excluding tert-OH is 1. The van der Waals surface area contributed by atoms with Crippen LogP contribution in [-0.2, 0) is 22.6 Å². The number of carbonyl (C=O) groups is 2. The molecular weight excluding hydrogens is 385 g/mol. The summed E-state index contributed by atoms with van der Waals surface area (Å²) in [6, 6.07) is 17.7. The van der Waals surface area contributed by atoms with Gasteiger partial charge < -0.3 is 14.4 Å². The molecular formula is C24H20FNO4. The standard InChI is InChI=1S/C24H20FNO4/c25-18-11-9-17(10-12-18)22-21(20(27)13-8-16-5-2-1-3-6-16)23(28)24(29)26(22)15-19-7-4-14-30-19/h1-7,9-12,14,22,28H,8,13,15H2. The predicted octanol–water partition coefficient (Wildman–Crippen LogP) is 4.52. The van der Waals surface area contributed by atoms with Crippen LogP contribution in [0.4, 0.5) is 4.39 Å². The second-order valence-electron chi connectivity index (χ2n) is 7.14. The van der Waals surface area contributed by atoms with Gasteiger partial charge in [-0.05, 0) is 41.8 Å². The van der Waals surface area contributed by atoms with E-state index in [4.69, 9.17) is 4.42 Å². The van der Waals surface area contributed by atoms with Gasteiger partial charge >= 0.3 is 0 Å². The summed E-state index contributed by atoms with van der Waals surface area (Å²) in [6.45, 7) is 0.0768. The maximum Gasteiger partial charge on any atom is 0.290 e. The second-order valence-corrected chi connectivity index (χ2v) is 7.14. The number of hydrogen-bond acceptors (Lipinski definition) is 4. The molecule has 1 aliphatic rings. The lowest BCUT2D eigenvalue weighted by Gasteiger charge is -2.26. The van der Waals surface area contributed by atoms with Gasteiger partial charge in [0.15, 0.2) is 11.5 Å². The second kappa shape index (κ2) is 8.37. The van der Waals surface area contributed by atoms with Crippen LogP contribution in [0.3, 0.4) is 0 Å². The molecule has 0 spiro atoms. The van der Waals surface area contributed by atoms with E-state index in [1.807, 2.05) is 30.3 Å². The summed E-state index contributed by atoms with van der Waals surface area (Å²) >= 11 is 0. The van der Waals surface area contributed by atoms with Crippen LogP contribution < -0.4 is 0 Å². The SMILES string of the molecule is O=C(CCc1ccccc1)C1=C(O)C(=O)N(Cc2ccco2)C1c1ccc(F)cc1. The fraction of sp³-hybridized carbons (Fsp3) is 0.167. The Bertz CT molecular complexity index is 1070. The molecule has 5 nitrogen and oxygen atoms in total. The summed E-state index contributed by atoms with van der Waals surface area (Å²) in [7, 11) is 0. The van der Waals surface area contributed by atoms with Crippen LogP contribution >= 0.6 is 0 Å². The van der Waals surface area contributed by atoms with Crippen molar-refractivity contribution in [1.29, 1.82) is 0 Å². The van der Waals surface area contributed by atoms with Crippen molar-refractivity contribution >= 4 is 11.7 Å². The molecule has 3 aromatic rings. The van der Waals surface area contributed by atoms with Crippen molar-refractivity contribution in [2.45, 2.75) is 25.4 Å². The first-order valence-corrected chi connectivity index (χ1v) is 9.63. The van der Waals surface area contributed by atoms with E-state index in [1.165, 1.54) is 35.4 Å². The van der Waals surface area contributed by atoms with Crippen molar-refractivity contribution in [3.8, 4) is 0 Å². The Labute approximate surface area is 173 Å². The fourth-order valence-corrected chi connectivity index (χ4v) is 3.70. The number of aliphatic hydroxyl groups is 1. The smallest absolute Gasteiger partial charge is 0.290 e. The Hall–Kier alpha value is -3.67. The molecule has 1 amide bonds. The minimum atomic E-state index is -0.813. The van der Waals surface area contributed by atoms with Gasteiger partial charge in [-0.1, -0.05) is 42.5 Å². The van der Waals surface area contributed by atoms with Crippen LogP contribution in [0.2, 0.25) is 0 Å². The predicted molar refractivity (Wildman–Crippen MR) is 108 cm³/mol. The van der Waals surface area contributed by atoms with Crippen LogP contribution in [0.5, 0.6) is 0 Å². The summed E-state index contributed by atoms with van der Waals surface area (Å²) in [5.41, 5.74) is 1.57.